The van der Waals surface area contributed by atoms with E-state index in [0.29, 0.717) is 36.3 Å². The Morgan fingerprint density at radius 1 is 1.43 bits per heavy atom. The molecular weight excluding hydrogens is 266 g/mol. The first kappa shape index (κ1) is 13.1. The van der Waals surface area contributed by atoms with E-state index < -0.39 is 0 Å². The topological polar surface area (TPSA) is 58.6 Å². The van der Waals surface area contributed by atoms with E-state index >= 15 is 0 Å². The van der Waals surface area contributed by atoms with Crippen LogP contribution in [0.3, 0.4) is 0 Å². The zero-order chi connectivity index (χ0) is 14.6. The van der Waals surface area contributed by atoms with Gasteiger partial charge in [-0.25, -0.2) is 0 Å². The molecule has 0 spiro atoms. The Hall–Kier alpha value is -1.55. The zero-order valence-electron chi connectivity index (χ0n) is 12.3. The van der Waals surface area contributed by atoms with Crippen LogP contribution in [-0.2, 0) is 16.6 Å². The number of hydrogen-bond donors (Lipinski definition) is 2. The van der Waals surface area contributed by atoms with E-state index in [2.05, 4.69) is 11.4 Å². The third-order valence-electron chi connectivity index (χ3n) is 5.80. The third kappa shape index (κ3) is 1.68. The summed E-state index contributed by atoms with van der Waals surface area (Å²) in [6.45, 7) is 0.921. The van der Waals surface area contributed by atoms with Crippen LogP contribution in [-0.4, -0.2) is 30.6 Å². The van der Waals surface area contributed by atoms with Crippen LogP contribution in [0.25, 0.3) is 0 Å². The molecule has 4 rings (SSSR count). The van der Waals surface area contributed by atoms with Crippen molar-refractivity contribution in [2.75, 3.05) is 13.7 Å². The highest BCUT2D eigenvalue weighted by molar-refractivity contribution is 5.82. The van der Waals surface area contributed by atoms with E-state index in [1.54, 1.807) is 7.11 Å². The first-order chi connectivity index (χ1) is 10.2. The van der Waals surface area contributed by atoms with Crippen molar-refractivity contribution in [2.24, 2.45) is 5.92 Å². The lowest BCUT2D eigenvalue weighted by Gasteiger charge is -2.55. The third-order valence-corrected chi connectivity index (χ3v) is 5.80. The van der Waals surface area contributed by atoms with Crippen molar-refractivity contribution >= 4 is 5.78 Å². The number of nitrogens with one attached hydrogen (secondary N) is 1. The summed E-state index contributed by atoms with van der Waals surface area (Å²) in [6, 6.07) is 4.34. The van der Waals surface area contributed by atoms with Gasteiger partial charge in [0.05, 0.1) is 7.11 Å². The average molecular weight is 287 g/mol. The van der Waals surface area contributed by atoms with Crippen LogP contribution < -0.4 is 10.1 Å². The Kier molecular flexibility index (Phi) is 2.80. The van der Waals surface area contributed by atoms with Crippen molar-refractivity contribution in [3.05, 3.63) is 23.3 Å². The van der Waals surface area contributed by atoms with E-state index in [0.717, 1.165) is 31.4 Å². The van der Waals surface area contributed by atoms with Crippen molar-refractivity contribution in [3.63, 3.8) is 0 Å². The summed E-state index contributed by atoms with van der Waals surface area (Å²) >= 11 is 0. The number of phenols is 1. The van der Waals surface area contributed by atoms with Crippen molar-refractivity contribution in [2.45, 2.75) is 43.6 Å². The second-order valence-corrected chi connectivity index (χ2v) is 6.68. The van der Waals surface area contributed by atoms with E-state index in [-0.39, 0.29) is 11.2 Å². The first-order valence-electron chi connectivity index (χ1n) is 7.80. The number of carbonyl (C=O) groups excluding carboxylic acids is 1. The van der Waals surface area contributed by atoms with Crippen molar-refractivity contribution in [3.8, 4) is 11.5 Å². The van der Waals surface area contributed by atoms with Gasteiger partial charge in [-0.2, -0.15) is 0 Å². The Bertz CT molecular complexity index is 612. The lowest BCUT2D eigenvalue weighted by atomic mass is 9.52. The molecule has 2 aliphatic carbocycles. The summed E-state index contributed by atoms with van der Waals surface area (Å²) in [5, 5.41) is 14.3. The number of ketones is 1. The SMILES string of the molecule is COc1ccc2c(c1O)[C@@]13CCNC(C2)C1CCC(=O)C3. The Balaban J connectivity index is 1.95. The number of ether oxygens (including phenoxy) is 1. The van der Waals surface area contributed by atoms with Crippen molar-refractivity contribution in [1.29, 1.82) is 0 Å². The highest BCUT2D eigenvalue weighted by Gasteiger charge is 2.54. The van der Waals surface area contributed by atoms with Gasteiger partial charge >= 0.3 is 0 Å². The second kappa shape index (κ2) is 4.47. The molecule has 0 aromatic heterocycles. The summed E-state index contributed by atoms with van der Waals surface area (Å²) in [6.07, 6.45) is 4.06. The van der Waals surface area contributed by atoms with Gasteiger partial charge < -0.3 is 15.2 Å². The maximum atomic E-state index is 12.2. The van der Waals surface area contributed by atoms with Crippen molar-refractivity contribution < 1.29 is 14.6 Å². The molecule has 2 bridgehead atoms. The fourth-order valence-electron chi connectivity index (χ4n) is 5.00. The zero-order valence-corrected chi connectivity index (χ0v) is 12.3. The van der Waals surface area contributed by atoms with Crippen LogP contribution in [0.1, 0.15) is 36.8 Å². The number of fused-ring (bicyclic) bond motifs is 1. The summed E-state index contributed by atoms with van der Waals surface area (Å²) in [7, 11) is 1.58. The number of hydrogen-bond acceptors (Lipinski definition) is 4. The molecule has 0 radical (unpaired) electrons. The molecular formula is C17H21NO3. The predicted molar refractivity (Wildman–Crippen MR) is 78.8 cm³/mol. The normalized spacial score (nSPS) is 34.0. The molecule has 3 aliphatic rings. The minimum absolute atomic E-state index is 0.183. The van der Waals surface area contributed by atoms with Crippen LogP contribution in [0.4, 0.5) is 0 Å². The molecule has 1 heterocycles. The van der Waals surface area contributed by atoms with Gasteiger partial charge in [-0.05, 0) is 43.4 Å². The first-order valence-corrected chi connectivity index (χ1v) is 7.80. The average Bonchev–Trinajstić information content (AvgIpc) is 2.46. The number of methoxy groups -OCH3 is 1. The number of phenolic OH excluding ortho intramolecular Hbond substituents is 1. The smallest absolute Gasteiger partial charge is 0.161 e. The highest BCUT2D eigenvalue weighted by atomic mass is 16.5. The summed E-state index contributed by atoms with van der Waals surface area (Å²) in [5.74, 6) is 1.57. The number of Topliss-reactive ketones (excluding diaryl/α,β-unsaturated/α-hetero) is 1. The van der Waals surface area contributed by atoms with Crippen molar-refractivity contribution in [1.82, 2.24) is 5.32 Å². The molecule has 0 amide bonds. The fourth-order valence-corrected chi connectivity index (χ4v) is 5.00. The monoisotopic (exact) mass is 287 g/mol. The number of piperidine rings is 1. The Morgan fingerprint density at radius 2 is 2.29 bits per heavy atom. The molecule has 2 fully saturated rings. The standard InChI is InChI=1S/C17H21NO3/c1-21-14-5-2-10-8-13-12-4-3-11(19)9-17(12,6-7-18-13)15(10)16(14)20/h2,5,12-13,18,20H,3-4,6-9H2,1H3/t12?,13?,17-/m1/s1. The number of rotatable bonds is 1. The van der Waals surface area contributed by atoms with E-state index in [9.17, 15) is 9.90 Å². The maximum absolute atomic E-state index is 12.2. The van der Waals surface area contributed by atoms with Gasteiger partial charge in [-0.1, -0.05) is 6.07 Å². The van der Waals surface area contributed by atoms with Crippen LogP contribution >= 0.6 is 0 Å². The second-order valence-electron chi connectivity index (χ2n) is 6.68. The van der Waals surface area contributed by atoms with Gasteiger partial charge in [0.1, 0.15) is 5.78 Å². The number of aromatic hydroxyl groups is 1. The molecule has 1 saturated heterocycles. The molecule has 1 aliphatic heterocycles. The van der Waals surface area contributed by atoms with Crippen LogP contribution in [0, 0.1) is 5.92 Å². The quantitative estimate of drug-likeness (QED) is 0.828. The maximum Gasteiger partial charge on any atom is 0.161 e. The molecule has 1 aromatic carbocycles. The van der Waals surface area contributed by atoms with Gasteiger partial charge in [0, 0.05) is 29.9 Å². The lowest BCUT2D eigenvalue weighted by Crippen LogP contribution is -2.60. The molecule has 112 valence electrons. The molecule has 2 N–H and O–H groups in total. The predicted octanol–water partition coefficient (Wildman–Crippen LogP) is 1.93. The molecule has 4 heteroatoms. The van der Waals surface area contributed by atoms with Gasteiger partial charge in [0.2, 0.25) is 0 Å². The lowest BCUT2D eigenvalue weighted by molar-refractivity contribution is -0.125. The van der Waals surface area contributed by atoms with Crippen LogP contribution in [0.15, 0.2) is 12.1 Å². The number of benzene rings is 1. The Labute approximate surface area is 124 Å². The van der Waals surface area contributed by atoms with E-state index in [4.69, 9.17) is 4.74 Å². The molecule has 4 nitrogen and oxygen atoms in total. The highest BCUT2D eigenvalue weighted by Crippen LogP contribution is 2.56. The Morgan fingerprint density at radius 3 is 3.10 bits per heavy atom. The molecule has 2 unspecified atom stereocenters. The largest absolute Gasteiger partial charge is 0.504 e. The number of carbonyl (C=O) groups is 1. The summed E-state index contributed by atoms with van der Waals surface area (Å²) < 4.78 is 5.30. The molecule has 3 atom stereocenters. The fraction of sp³-hybridized carbons (Fsp3) is 0.588. The van der Waals surface area contributed by atoms with E-state index in [1.165, 1.54) is 5.56 Å². The summed E-state index contributed by atoms with van der Waals surface area (Å²) in [5.41, 5.74) is 1.99. The molecule has 21 heavy (non-hydrogen) atoms. The van der Waals surface area contributed by atoms with Crippen LogP contribution in [0.5, 0.6) is 11.5 Å². The molecule has 1 saturated carbocycles. The minimum Gasteiger partial charge on any atom is -0.504 e. The minimum atomic E-state index is -0.183. The van der Waals surface area contributed by atoms with Gasteiger partial charge in [-0.3, -0.25) is 4.79 Å². The van der Waals surface area contributed by atoms with Crippen LogP contribution in [0.2, 0.25) is 0 Å². The van der Waals surface area contributed by atoms with Gasteiger partial charge in [0.15, 0.2) is 11.5 Å². The van der Waals surface area contributed by atoms with Gasteiger partial charge in [-0.15, -0.1) is 0 Å². The van der Waals surface area contributed by atoms with E-state index in [1.807, 2.05) is 6.07 Å². The molecule has 1 aromatic rings. The van der Waals surface area contributed by atoms with Gasteiger partial charge in [0.25, 0.3) is 0 Å². The summed E-state index contributed by atoms with van der Waals surface area (Å²) in [4.78, 5) is 12.2.